The maximum atomic E-state index is 13.5. The monoisotopic (exact) mass is 480 g/mol. The van der Waals surface area contributed by atoms with E-state index in [0.717, 1.165) is 48.1 Å². The molecule has 1 aromatic heterocycles. The Kier molecular flexibility index (Phi) is 7.48. The van der Waals surface area contributed by atoms with Crippen LogP contribution >= 0.6 is 0 Å². The molecule has 180 valence electrons. The van der Waals surface area contributed by atoms with E-state index in [1.54, 1.807) is 24.3 Å². The normalized spacial score (nSPS) is 15.0. The molecule has 1 atom stereocenters. The number of carbonyl (C=O) groups excluding carboxylic acids is 1. The van der Waals surface area contributed by atoms with Crippen molar-refractivity contribution in [2.75, 3.05) is 36.4 Å². The molecule has 2 N–H and O–H groups in total. The van der Waals surface area contributed by atoms with Gasteiger partial charge in [0.25, 0.3) is 5.91 Å². The quantitative estimate of drug-likeness (QED) is 0.523. The Morgan fingerprint density at radius 3 is 2.50 bits per heavy atom. The van der Waals surface area contributed by atoms with Gasteiger partial charge in [-0.3, -0.25) is 9.59 Å². The predicted octanol–water partition coefficient (Wildman–Crippen LogP) is 4.44. The number of aromatic nitrogens is 1. The number of aryl methyl sites for hydroxylation is 1. The second-order valence-corrected chi connectivity index (χ2v) is 10.1. The van der Waals surface area contributed by atoms with Gasteiger partial charge in [0.1, 0.15) is 11.0 Å². The standard InChI is InChI=1S/C26H32N4O3S/c1-4-30(5-2)34(33)20-10-12-24(29-13-7-6-8-14-29)22(17-20)26(32)27-19-9-11-23-21(16-19)18(3)15-25(31)28-23/h9-12,15-17H,4-8,13-14H2,1-3H3,(H,27,32)(H,28,31). The van der Waals surface area contributed by atoms with Crippen LogP contribution in [0.2, 0.25) is 0 Å². The third kappa shape index (κ3) is 5.08. The fourth-order valence-corrected chi connectivity index (χ4v) is 5.69. The van der Waals surface area contributed by atoms with Crippen LogP contribution < -0.4 is 15.8 Å². The zero-order valence-electron chi connectivity index (χ0n) is 20.0. The number of rotatable bonds is 7. The van der Waals surface area contributed by atoms with Crippen LogP contribution in [0, 0.1) is 6.92 Å². The number of H-pyrrole nitrogens is 1. The molecule has 3 aromatic rings. The van der Waals surface area contributed by atoms with Crippen molar-refractivity contribution in [3.63, 3.8) is 0 Å². The summed E-state index contributed by atoms with van der Waals surface area (Å²) < 4.78 is 15.0. The Balaban J connectivity index is 1.70. The summed E-state index contributed by atoms with van der Waals surface area (Å²) in [6.45, 7) is 8.97. The molecule has 0 spiro atoms. The summed E-state index contributed by atoms with van der Waals surface area (Å²) in [6, 6.07) is 12.6. The molecule has 0 aliphatic carbocycles. The first kappa shape index (κ1) is 24.2. The number of nitrogens with zero attached hydrogens (tertiary/aromatic N) is 2. The van der Waals surface area contributed by atoms with Crippen LogP contribution in [0.5, 0.6) is 0 Å². The molecular formula is C26H32N4O3S. The van der Waals surface area contributed by atoms with E-state index in [2.05, 4.69) is 15.2 Å². The van der Waals surface area contributed by atoms with Crippen molar-refractivity contribution in [1.82, 2.24) is 9.29 Å². The van der Waals surface area contributed by atoms with Crippen molar-refractivity contribution in [1.29, 1.82) is 0 Å². The highest BCUT2D eigenvalue weighted by Gasteiger charge is 2.22. The van der Waals surface area contributed by atoms with Gasteiger partial charge in [-0.1, -0.05) is 13.8 Å². The van der Waals surface area contributed by atoms with Gasteiger partial charge in [-0.15, -0.1) is 0 Å². The van der Waals surface area contributed by atoms with Crippen LogP contribution in [-0.2, 0) is 11.0 Å². The number of amides is 1. The summed E-state index contributed by atoms with van der Waals surface area (Å²) in [6.07, 6.45) is 3.38. The number of piperidine rings is 1. The fourth-order valence-electron chi connectivity index (χ4n) is 4.52. The molecule has 1 saturated heterocycles. The minimum atomic E-state index is -1.33. The third-order valence-corrected chi connectivity index (χ3v) is 8.00. The summed E-state index contributed by atoms with van der Waals surface area (Å²) >= 11 is 0. The molecule has 4 rings (SSSR count). The second-order valence-electron chi connectivity index (χ2n) is 8.62. The first-order valence-corrected chi connectivity index (χ1v) is 13.0. The van der Waals surface area contributed by atoms with Gasteiger partial charge in [0.05, 0.1) is 10.5 Å². The van der Waals surface area contributed by atoms with E-state index in [1.165, 1.54) is 6.42 Å². The molecule has 1 unspecified atom stereocenters. The highest BCUT2D eigenvalue weighted by atomic mass is 32.2. The van der Waals surface area contributed by atoms with Crippen molar-refractivity contribution >= 4 is 39.2 Å². The first-order valence-electron chi connectivity index (χ1n) is 11.9. The second kappa shape index (κ2) is 10.5. The number of anilines is 2. The van der Waals surface area contributed by atoms with E-state index in [0.29, 0.717) is 29.2 Å². The number of aromatic amines is 1. The van der Waals surface area contributed by atoms with Crippen LogP contribution in [0.3, 0.4) is 0 Å². The topological polar surface area (TPSA) is 85.5 Å². The van der Waals surface area contributed by atoms with Gasteiger partial charge in [-0.25, -0.2) is 8.51 Å². The molecular weight excluding hydrogens is 448 g/mol. The summed E-state index contributed by atoms with van der Waals surface area (Å²) in [5.41, 5.74) is 3.48. The van der Waals surface area contributed by atoms with E-state index in [1.807, 2.05) is 43.3 Å². The van der Waals surface area contributed by atoms with Crippen molar-refractivity contribution < 1.29 is 9.00 Å². The Bertz CT molecular complexity index is 1280. The van der Waals surface area contributed by atoms with Crippen molar-refractivity contribution in [2.45, 2.75) is 44.9 Å². The number of carbonyl (C=O) groups is 1. The minimum Gasteiger partial charge on any atom is -0.371 e. The molecule has 0 saturated carbocycles. The van der Waals surface area contributed by atoms with Crippen LogP contribution in [0.25, 0.3) is 10.9 Å². The largest absolute Gasteiger partial charge is 0.371 e. The van der Waals surface area contributed by atoms with Gasteiger partial charge >= 0.3 is 0 Å². The molecule has 2 heterocycles. The van der Waals surface area contributed by atoms with E-state index in [-0.39, 0.29) is 11.5 Å². The number of pyridine rings is 1. The Morgan fingerprint density at radius 2 is 1.79 bits per heavy atom. The van der Waals surface area contributed by atoms with Crippen LogP contribution in [-0.4, -0.2) is 45.6 Å². The zero-order chi connectivity index (χ0) is 24.2. The highest BCUT2D eigenvalue weighted by Crippen LogP contribution is 2.29. The molecule has 8 heteroatoms. The van der Waals surface area contributed by atoms with E-state index >= 15 is 0 Å². The van der Waals surface area contributed by atoms with Crippen LogP contribution in [0.1, 0.15) is 49.0 Å². The van der Waals surface area contributed by atoms with Gasteiger partial charge < -0.3 is 15.2 Å². The number of hydrogen-bond acceptors (Lipinski definition) is 4. The van der Waals surface area contributed by atoms with E-state index in [4.69, 9.17) is 0 Å². The Morgan fingerprint density at radius 1 is 1.06 bits per heavy atom. The van der Waals surface area contributed by atoms with E-state index in [9.17, 15) is 13.8 Å². The average molecular weight is 481 g/mol. The Hall–Kier alpha value is -2.97. The highest BCUT2D eigenvalue weighted by molar-refractivity contribution is 7.82. The van der Waals surface area contributed by atoms with Crippen molar-refractivity contribution in [2.24, 2.45) is 0 Å². The molecule has 1 fully saturated rings. The number of benzene rings is 2. The van der Waals surface area contributed by atoms with Gasteiger partial charge in [0.15, 0.2) is 0 Å². The summed E-state index contributed by atoms with van der Waals surface area (Å²) in [5.74, 6) is -0.236. The summed E-state index contributed by atoms with van der Waals surface area (Å²) in [7, 11) is -1.33. The fraction of sp³-hybridized carbons (Fsp3) is 0.385. The summed E-state index contributed by atoms with van der Waals surface area (Å²) in [5, 5.41) is 3.90. The minimum absolute atomic E-state index is 0.147. The first-order chi connectivity index (χ1) is 16.4. The SMILES string of the molecule is CCN(CC)S(=O)c1ccc(N2CCCCC2)c(C(=O)Nc2ccc3[nH]c(=O)cc(C)c3c2)c1. The zero-order valence-corrected chi connectivity index (χ0v) is 20.8. The maximum absolute atomic E-state index is 13.5. The van der Waals surface area contributed by atoms with Gasteiger partial charge in [-0.05, 0) is 68.1 Å². The third-order valence-electron chi connectivity index (χ3n) is 6.36. The molecule has 1 amide bonds. The smallest absolute Gasteiger partial charge is 0.257 e. The molecule has 2 aromatic carbocycles. The molecule has 0 bridgehead atoms. The number of hydrogen-bond donors (Lipinski definition) is 2. The molecule has 7 nitrogen and oxygen atoms in total. The lowest BCUT2D eigenvalue weighted by Gasteiger charge is -2.30. The van der Waals surface area contributed by atoms with Gasteiger partial charge in [0.2, 0.25) is 5.56 Å². The Labute approximate surface area is 202 Å². The molecule has 1 aliphatic heterocycles. The molecule has 0 radical (unpaired) electrons. The maximum Gasteiger partial charge on any atom is 0.257 e. The van der Waals surface area contributed by atoms with E-state index < -0.39 is 11.0 Å². The van der Waals surface area contributed by atoms with Crippen molar-refractivity contribution in [3.05, 3.63) is 63.9 Å². The lowest BCUT2D eigenvalue weighted by atomic mass is 10.1. The lowest BCUT2D eigenvalue weighted by molar-refractivity contribution is 0.102. The van der Waals surface area contributed by atoms with Gasteiger partial charge in [0, 0.05) is 54.5 Å². The average Bonchev–Trinajstić information content (AvgIpc) is 2.85. The van der Waals surface area contributed by atoms with Crippen LogP contribution in [0.4, 0.5) is 11.4 Å². The van der Waals surface area contributed by atoms with Crippen LogP contribution in [0.15, 0.2) is 52.2 Å². The molecule has 34 heavy (non-hydrogen) atoms. The van der Waals surface area contributed by atoms with Crippen molar-refractivity contribution in [3.8, 4) is 0 Å². The molecule has 1 aliphatic rings. The predicted molar refractivity (Wildman–Crippen MR) is 139 cm³/mol. The lowest BCUT2D eigenvalue weighted by Crippen LogP contribution is -2.32. The van der Waals surface area contributed by atoms with Gasteiger partial charge in [-0.2, -0.15) is 0 Å². The number of nitrogens with one attached hydrogen (secondary N) is 2. The summed E-state index contributed by atoms with van der Waals surface area (Å²) in [4.78, 5) is 31.0. The number of fused-ring (bicyclic) bond motifs is 1.